The molecule has 3 aliphatic rings. The fourth-order valence-corrected chi connectivity index (χ4v) is 11.4. The van der Waals surface area contributed by atoms with E-state index in [1.54, 1.807) is 42.7 Å². The van der Waals surface area contributed by atoms with E-state index in [0.717, 1.165) is 45.5 Å². The largest absolute Gasteiger partial charge is 0.344 e. The minimum absolute atomic E-state index is 0.00192. The number of anilines is 1. The summed E-state index contributed by atoms with van der Waals surface area (Å²) >= 11 is 0. The molecule has 15 nitrogen and oxygen atoms in total. The Labute approximate surface area is 351 Å². The second-order valence-electron chi connectivity index (χ2n) is 17.1. The van der Waals surface area contributed by atoms with Crippen LogP contribution in [0.5, 0.6) is 0 Å². The molecule has 0 amide bonds. The third-order valence-corrected chi connectivity index (χ3v) is 15.2. The molecule has 0 aliphatic carbocycles. The second kappa shape index (κ2) is 15.1. The summed E-state index contributed by atoms with van der Waals surface area (Å²) in [4.78, 5) is 5.65. The number of rotatable bonds is 13. The summed E-state index contributed by atoms with van der Waals surface area (Å²) in [6.45, 7) is 16.5. The maximum atomic E-state index is 12.5. The number of hydrogen-bond donors (Lipinski definition) is 4. The molecule has 0 saturated carbocycles. The van der Waals surface area contributed by atoms with Crippen LogP contribution in [0.1, 0.15) is 83.6 Å². The maximum absolute atomic E-state index is 12.5. The molecule has 0 radical (unpaired) electrons. The first-order valence-corrected chi connectivity index (χ1v) is 25.2. The standard InChI is InChI=1S/C41H49N3O12S4/c1-25-22-31-37(38-35(25)39(3,4)26(2)42-38)41(7,8)34(44(31)19-13-21-58(48,49)50)15-11-9-10-14-33-40(5,6)36-29-23-27(59(51,52)53)24-32(60(54,55)56)28(29)16-17-30(36)43(33)18-12-20-57(45,46)47/h9-11,14-17,22-24H,12-13,18-21H2,1-8H3,(H3-,45,46,47,48,49,50,51,52,53,54,55,56)/p+1. The van der Waals surface area contributed by atoms with Crippen molar-refractivity contribution in [3.8, 4) is 0 Å². The first-order valence-electron chi connectivity index (χ1n) is 19.1. The van der Waals surface area contributed by atoms with Crippen molar-refractivity contribution in [1.82, 2.24) is 0 Å². The van der Waals surface area contributed by atoms with E-state index in [4.69, 9.17) is 4.99 Å². The SMILES string of the molecule is CC1=Nc2c(c(C)cc3c2C(C)(C)\C(=C/C=C/C=C/C2=[N+](CCCS(=O)(=O)O)c4ccc5c(S(=O)(=O)O)cc(S(=O)(=O)O)cc5c4C2(C)C)N3CCCS(=O)(=O)O)C1(C)C. The minimum Gasteiger partial charge on any atom is -0.344 e. The van der Waals surface area contributed by atoms with E-state index in [1.807, 2.05) is 26.0 Å². The average molecular weight is 905 g/mol. The molecule has 0 unspecified atom stereocenters. The molecule has 3 aliphatic heterocycles. The number of fused-ring (bicyclic) bond motifs is 6. The van der Waals surface area contributed by atoms with E-state index in [0.29, 0.717) is 29.6 Å². The zero-order chi connectivity index (χ0) is 44.8. The molecule has 19 heteroatoms. The summed E-state index contributed by atoms with van der Waals surface area (Å²) in [6, 6.07) is 6.89. The number of aryl methyl sites for hydroxylation is 1. The molecule has 3 aromatic carbocycles. The molecule has 6 rings (SSSR count). The van der Waals surface area contributed by atoms with Crippen molar-refractivity contribution in [3.63, 3.8) is 0 Å². The van der Waals surface area contributed by atoms with Crippen molar-refractivity contribution < 1.29 is 56.5 Å². The number of allylic oxidation sites excluding steroid dienone is 6. The molecular weight excluding hydrogens is 855 g/mol. The summed E-state index contributed by atoms with van der Waals surface area (Å²) in [5.41, 5.74) is 6.52. The average Bonchev–Trinajstić information content (AvgIpc) is 3.55. The second-order valence-corrected chi connectivity index (χ2v) is 23.0. The lowest BCUT2D eigenvalue weighted by atomic mass is 9.75. The van der Waals surface area contributed by atoms with Crippen molar-refractivity contribution in [3.05, 3.63) is 88.7 Å². The highest BCUT2D eigenvalue weighted by Crippen LogP contribution is 2.57. The van der Waals surface area contributed by atoms with Crippen LogP contribution in [0.3, 0.4) is 0 Å². The van der Waals surface area contributed by atoms with Gasteiger partial charge < -0.3 is 4.90 Å². The number of benzene rings is 3. The zero-order valence-electron chi connectivity index (χ0n) is 34.5. The molecule has 3 aromatic rings. The van der Waals surface area contributed by atoms with Crippen LogP contribution >= 0.6 is 0 Å². The summed E-state index contributed by atoms with van der Waals surface area (Å²) in [6.07, 6.45) is 9.20. The van der Waals surface area contributed by atoms with Gasteiger partial charge in [0.25, 0.3) is 40.5 Å². The van der Waals surface area contributed by atoms with Gasteiger partial charge in [-0.25, -0.2) is 0 Å². The molecule has 0 saturated heterocycles. The van der Waals surface area contributed by atoms with Gasteiger partial charge in [-0.1, -0.05) is 45.9 Å². The molecule has 60 heavy (non-hydrogen) atoms. The summed E-state index contributed by atoms with van der Waals surface area (Å²) in [5.74, 6) is -0.971. The molecule has 0 bridgehead atoms. The quantitative estimate of drug-likeness (QED) is 0.0790. The Hall–Kier alpha value is -4.08. The van der Waals surface area contributed by atoms with Crippen LogP contribution in [0.4, 0.5) is 17.1 Å². The molecule has 0 fully saturated rings. The number of hydrogen-bond acceptors (Lipinski definition) is 10. The van der Waals surface area contributed by atoms with Crippen LogP contribution in [0.15, 0.2) is 81.2 Å². The first-order chi connectivity index (χ1) is 27.4. The van der Waals surface area contributed by atoms with Crippen molar-refractivity contribution in [1.29, 1.82) is 0 Å². The van der Waals surface area contributed by atoms with Gasteiger partial charge in [-0.3, -0.25) is 23.2 Å². The van der Waals surface area contributed by atoms with Crippen molar-refractivity contribution >= 4 is 79.7 Å². The first kappa shape index (κ1) is 45.4. The highest BCUT2D eigenvalue weighted by Gasteiger charge is 2.48. The van der Waals surface area contributed by atoms with Gasteiger partial charge in [0.05, 0.1) is 27.5 Å². The monoisotopic (exact) mass is 904 g/mol. The van der Waals surface area contributed by atoms with Crippen molar-refractivity contribution in [2.24, 2.45) is 4.99 Å². The Morgan fingerprint density at radius 2 is 1.33 bits per heavy atom. The highest BCUT2D eigenvalue weighted by molar-refractivity contribution is 7.87. The Balaban J connectivity index is 1.45. The lowest BCUT2D eigenvalue weighted by molar-refractivity contribution is -0.437. The topological polar surface area (TPSA) is 236 Å². The Morgan fingerprint density at radius 1 is 0.700 bits per heavy atom. The normalized spacial score (nSPS) is 19.2. The predicted octanol–water partition coefficient (Wildman–Crippen LogP) is 6.75. The van der Waals surface area contributed by atoms with Gasteiger partial charge in [-0.2, -0.15) is 38.2 Å². The highest BCUT2D eigenvalue weighted by atomic mass is 32.2. The zero-order valence-corrected chi connectivity index (χ0v) is 37.8. The van der Waals surface area contributed by atoms with Gasteiger partial charge in [-0.05, 0) is 81.0 Å². The van der Waals surface area contributed by atoms with Crippen molar-refractivity contribution in [2.75, 3.05) is 29.5 Å². The molecule has 324 valence electrons. The molecule has 3 heterocycles. The molecular formula is C41H50N3O12S4+. The molecule has 4 N–H and O–H groups in total. The van der Waals surface area contributed by atoms with Crippen LogP contribution in [-0.4, -0.2) is 92.5 Å². The molecule has 0 aromatic heterocycles. The third kappa shape index (κ3) is 8.30. The van der Waals surface area contributed by atoms with E-state index in [2.05, 4.69) is 38.7 Å². The fraction of sp³-hybridized carbons (Fsp3) is 0.415. The van der Waals surface area contributed by atoms with E-state index in [-0.39, 0.29) is 35.6 Å². The fourth-order valence-electron chi connectivity index (χ4n) is 9.05. The van der Waals surface area contributed by atoms with Gasteiger partial charge in [0.2, 0.25) is 5.69 Å². The van der Waals surface area contributed by atoms with Crippen LogP contribution in [0.2, 0.25) is 0 Å². The Bertz CT molecular complexity index is 2980. The van der Waals surface area contributed by atoms with Gasteiger partial charge in [-0.15, -0.1) is 0 Å². The molecule has 0 atom stereocenters. The van der Waals surface area contributed by atoms with Gasteiger partial charge in [0.15, 0.2) is 5.71 Å². The summed E-state index contributed by atoms with van der Waals surface area (Å²) in [7, 11) is -18.4. The van der Waals surface area contributed by atoms with Crippen molar-refractivity contribution in [2.45, 2.75) is 94.3 Å². The number of aliphatic imine (C=N–C) groups is 1. The van der Waals surface area contributed by atoms with Crippen LogP contribution < -0.4 is 4.90 Å². The minimum atomic E-state index is -4.97. The van der Waals surface area contributed by atoms with E-state index in [9.17, 15) is 51.9 Å². The van der Waals surface area contributed by atoms with Crippen LogP contribution in [-0.2, 0) is 56.7 Å². The van der Waals surface area contributed by atoms with Crippen LogP contribution in [0, 0.1) is 6.92 Å². The lowest BCUT2D eigenvalue weighted by Gasteiger charge is -2.27. The van der Waals surface area contributed by atoms with E-state index >= 15 is 0 Å². The van der Waals surface area contributed by atoms with Gasteiger partial charge >= 0.3 is 0 Å². The Morgan fingerprint density at radius 3 is 1.93 bits per heavy atom. The van der Waals surface area contributed by atoms with Crippen LogP contribution in [0.25, 0.3) is 10.8 Å². The smallest absolute Gasteiger partial charge is 0.295 e. The third-order valence-electron chi connectivity index (χ3n) is 11.9. The lowest BCUT2D eigenvalue weighted by Crippen LogP contribution is -2.28. The Kier molecular flexibility index (Phi) is 11.4. The van der Waals surface area contributed by atoms with E-state index in [1.165, 1.54) is 6.07 Å². The van der Waals surface area contributed by atoms with Gasteiger partial charge in [0.1, 0.15) is 11.4 Å². The number of nitrogens with zero attached hydrogens (tertiary/aromatic N) is 3. The van der Waals surface area contributed by atoms with E-state index < -0.39 is 72.6 Å². The molecule has 0 spiro atoms. The summed E-state index contributed by atoms with van der Waals surface area (Å²) < 4.78 is 137. The summed E-state index contributed by atoms with van der Waals surface area (Å²) in [5, 5.41) is 0.114. The predicted molar refractivity (Wildman–Crippen MR) is 232 cm³/mol. The maximum Gasteiger partial charge on any atom is 0.295 e. The van der Waals surface area contributed by atoms with Gasteiger partial charge in [0, 0.05) is 69.5 Å².